The van der Waals surface area contributed by atoms with Crippen LogP contribution in [-0.2, 0) is 10.2 Å². The quantitative estimate of drug-likeness (QED) is 0.893. The van der Waals surface area contributed by atoms with Crippen molar-refractivity contribution in [2.45, 2.75) is 38.5 Å². The lowest BCUT2D eigenvalue weighted by Gasteiger charge is -2.40. The number of ether oxygens (including phenoxy) is 1. The van der Waals surface area contributed by atoms with Crippen LogP contribution in [0, 0.1) is 13.8 Å². The van der Waals surface area contributed by atoms with Gasteiger partial charge in [-0.1, -0.05) is 22.4 Å². The lowest BCUT2D eigenvalue weighted by molar-refractivity contribution is -0.147. The van der Waals surface area contributed by atoms with Crippen molar-refractivity contribution in [3.8, 4) is 11.5 Å². The lowest BCUT2D eigenvalue weighted by Crippen LogP contribution is -2.43. The number of hydrogen-bond donors (Lipinski definition) is 2. The van der Waals surface area contributed by atoms with Crippen molar-refractivity contribution >= 4 is 21.9 Å². The number of phenolic OH excluding ortho intramolecular Hbond substituents is 1. The molecule has 0 atom stereocenters. The third-order valence-corrected chi connectivity index (χ3v) is 5.31. The Kier molecular flexibility index (Phi) is 3.51. The molecular formula is C14H17BrO4. The smallest absolute Gasteiger partial charge is 0.314 e. The number of carboxylic acid groups (broad SMARTS) is 1. The van der Waals surface area contributed by atoms with Gasteiger partial charge in [-0.3, -0.25) is 4.79 Å². The second-order valence-electron chi connectivity index (χ2n) is 5.06. The number of methoxy groups -OCH3 is 1. The Hall–Kier alpha value is -1.23. The second kappa shape index (κ2) is 4.71. The van der Waals surface area contributed by atoms with Crippen LogP contribution >= 0.6 is 15.9 Å². The monoisotopic (exact) mass is 328 g/mol. The van der Waals surface area contributed by atoms with Crippen LogP contribution in [0.4, 0.5) is 0 Å². The molecule has 0 bridgehead atoms. The standard InChI is InChI=1S/C14H17BrO4/c1-7-9(14(13(17)18)5-4-6-14)11(16)12(19-3)8(2)10(7)15/h16H,4-6H2,1-3H3,(H,17,18). The third kappa shape index (κ3) is 1.83. The van der Waals surface area contributed by atoms with E-state index in [4.69, 9.17) is 4.74 Å². The van der Waals surface area contributed by atoms with Crippen molar-refractivity contribution in [3.63, 3.8) is 0 Å². The van der Waals surface area contributed by atoms with E-state index in [0.717, 1.165) is 22.0 Å². The molecule has 2 N–H and O–H groups in total. The van der Waals surface area contributed by atoms with Crippen molar-refractivity contribution in [2.24, 2.45) is 0 Å². The largest absolute Gasteiger partial charge is 0.504 e. The van der Waals surface area contributed by atoms with Crippen LogP contribution in [-0.4, -0.2) is 23.3 Å². The molecule has 0 unspecified atom stereocenters. The summed E-state index contributed by atoms with van der Waals surface area (Å²) in [7, 11) is 1.47. The average molecular weight is 329 g/mol. The predicted molar refractivity (Wildman–Crippen MR) is 75.0 cm³/mol. The fourth-order valence-electron chi connectivity index (χ4n) is 2.90. The summed E-state index contributed by atoms with van der Waals surface area (Å²) in [6.07, 6.45) is 1.96. The molecule has 2 rings (SSSR count). The fourth-order valence-corrected chi connectivity index (χ4v) is 3.27. The topological polar surface area (TPSA) is 66.8 Å². The van der Waals surface area contributed by atoms with E-state index in [9.17, 15) is 15.0 Å². The van der Waals surface area contributed by atoms with Crippen LogP contribution in [0.25, 0.3) is 0 Å². The van der Waals surface area contributed by atoms with Gasteiger partial charge < -0.3 is 14.9 Å². The summed E-state index contributed by atoms with van der Waals surface area (Å²) in [6, 6.07) is 0. The number of benzene rings is 1. The van der Waals surface area contributed by atoms with Crippen molar-refractivity contribution < 1.29 is 19.7 Å². The van der Waals surface area contributed by atoms with Gasteiger partial charge in [0, 0.05) is 15.6 Å². The third-order valence-electron chi connectivity index (χ3n) is 4.13. The van der Waals surface area contributed by atoms with Gasteiger partial charge in [0.15, 0.2) is 11.5 Å². The highest BCUT2D eigenvalue weighted by Gasteiger charge is 2.49. The molecule has 1 aliphatic rings. The molecular weight excluding hydrogens is 312 g/mol. The number of halogens is 1. The number of aromatic hydroxyl groups is 1. The molecule has 19 heavy (non-hydrogen) atoms. The fraction of sp³-hybridized carbons (Fsp3) is 0.500. The van der Waals surface area contributed by atoms with E-state index in [2.05, 4.69) is 15.9 Å². The number of carboxylic acids is 1. The molecule has 104 valence electrons. The minimum atomic E-state index is -0.975. The number of rotatable bonds is 3. The summed E-state index contributed by atoms with van der Waals surface area (Å²) in [6.45, 7) is 3.65. The maximum atomic E-state index is 11.6. The van der Waals surface area contributed by atoms with Crippen LogP contribution in [0.5, 0.6) is 11.5 Å². The number of phenols is 1. The van der Waals surface area contributed by atoms with Crippen LogP contribution < -0.4 is 4.74 Å². The normalized spacial score (nSPS) is 16.8. The molecule has 0 spiro atoms. The molecule has 4 nitrogen and oxygen atoms in total. The maximum absolute atomic E-state index is 11.6. The van der Waals surface area contributed by atoms with Gasteiger partial charge in [-0.05, 0) is 32.3 Å². The Balaban J connectivity index is 2.77. The van der Waals surface area contributed by atoms with Crippen LogP contribution in [0.15, 0.2) is 4.47 Å². The summed E-state index contributed by atoms with van der Waals surface area (Å²) >= 11 is 3.47. The van der Waals surface area contributed by atoms with Gasteiger partial charge in [0.05, 0.1) is 12.5 Å². The summed E-state index contributed by atoms with van der Waals surface area (Å²) in [4.78, 5) is 11.6. The summed E-state index contributed by atoms with van der Waals surface area (Å²) in [5.41, 5.74) is 1.07. The summed E-state index contributed by atoms with van der Waals surface area (Å²) in [5, 5.41) is 20.0. The predicted octanol–water partition coefficient (Wildman–Crippen LogP) is 3.29. The van der Waals surface area contributed by atoms with Crippen molar-refractivity contribution in [3.05, 3.63) is 21.2 Å². The van der Waals surface area contributed by atoms with E-state index < -0.39 is 11.4 Å². The van der Waals surface area contributed by atoms with E-state index >= 15 is 0 Å². The molecule has 1 fully saturated rings. The second-order valence-corrected chi connectivity index (χ2v) is 5.85. The van der Waals surface area contributed by atoms with Crippen LogP contribution in [0.1, 0.15) is 36.0 Å². The van der Waals surface area contributed by atoms with Crippen molar-refractivity contribution in [1.82, 2.24) is 0 Å². The van der Waals surface area contributed by atoms with E-state index in [1.54, 1.807) is 0 Å². The van der Waals surface area contributed by atoms with Gasteiger partial charge in [0.25, 0.3) is 0 Å². The Morgan fingerprint density at radius 2 is 1.89 bits per heavy atom. The molecule has 0 aromatic heterocycles. The Labute approximate surface area is 120 Å². The van der Waals surface area contributed by atoms with E-state index in [1.165, 1.54) is 7.11 Å². The summed E-state index contributed by atoms with van der Waals surface area (Å²) in [5.74, 6) is -0.572. The molecule has 1 aromatic carbocycles. The Bertz CT molecular complexity index is 547. The SMILES string of the molecule is COc1c(C)c(Br)c(C)c(C2(C(=O)O)CCC2)c1O. The van der Waals surface area contributed by atoms with Gasteiger partial charge in [-0.15, -0.1) is 0 Å². The van der Waals surface area contributed by atoms with Crippen LogP contribution in [0.2, 0.25) is 0 Å². The molecule has 0 radical (unpaired) electrons. The van der Waals surface area contributed by atoms with Gasteiger partial charge in [-0.2, -0.15) is 0 Å². The average Bonchev–Trinajstić information content (AvgIpc) is 2.30. The Morgan fingerprint density at radius 3 is 2.26 bits per heavy atom. The molecule has 5 heteroatoms. The van der Waals surface area contributed by atoms with E-state index in [1.807, 2.05) is 13.8 Å². The van der Waals surface area contributed by atoms with Crippen LogP contribution in [0.3, 0.4) is 0 Å². The zero-order valence-corrected chi connectivity index (χ0v) is 12.8. The molecule has 1 saturated carbocycles. The van der Waals surface area contributed by atoms with Gasteiger partial charge in [0.2, 0.25) is 0 Å². The minimum absolute atomic E-state index is 0.0391. The molecule has 0 amide bonds. The minimum Gasteiger partial charge on any atom is -0.504 e. The highest BCUT2D eigenvalue weighted by molar-refractivity contribution is 9.10. The molecule has 0 heterocycles. The zero-order chi connectivity index (χ0) is 14.4. The first-order valence-corrected chi connectivity index (χ1v) is 6.95. The van der Waals surface area contributed by atoms with Crippen molar-refractivity contribution in [1.29, 1.82) is 0 Å². The first kappa shape index (κ1) is 14.2. The number of aliphatic carboxylic acids is 1. The van der Waals surface area contributed by atoms with Gasteiger partial charge in [-0.25, -0.2) is 0 Å². The van der Waals surface area contributed by atoms with Gasteiger partial charge >= 0.3 is 5.97 Å². The number of hydrogen-bond acceptors (Lipinski definition) is 3. The molecule has 0 aliphatic heterocycles. The highest BCUT2D eigenvalue weighted by Crippen LogP contribution is 2.53. The lowest BCUT2D eigenvalue weighted by atomic mass is 9.63. The first-order valence-electron chi connectivity index (χ1n) is 6.16. The molecule has 1 aromatic rings. The van der Waals surface area contributed by atoms with E-state index in [0.29, 0.717) is 24.2 Å². The van der Waals surface area contributed by atoms with Gasteiger partial charge in [0.1, 0.15) is 0 Å². The zero-order valence-electron chi connectivity index (χ0n) is 11.2. The molecule has 1 aliphatic carbocycles. The first-order chi connectivity index (χ1) is 8.86. The van der Waals surface area contributed by atoms with Crippen molar-refractivity contribution in [2.75, 3.05) is 7.11 Å². The van der Waals surface area contributed by atoms with E-state index in [-0.39, 0.29) is 5.75 Å². The highest BCUT2D eigenvalue weighted by atomic mass is 79.9. The summed E-state index contributed by atoms with van der Waals surface area (Å²) < 4.78 is 6.02. The Morgan fingerprint density at radius 1 is 1.32 bits per heavy atom. The maximum Gasteiger partial charge on any atom is 0.314 e. The molecule has 0 saturated heterocycles. The number of carbonyl (C=O) groups is 1.